The third-order valence-corrected chi connectivity index (χ3v) is 6.09. The average molecular weight is 433 g/mol. The molecule has 1 aromatic heterocycles. The van der Waals surface area contributed by atoms with Crippen LogP contribution < -0.4 is 10.6 Å². The van der Waals surface area contributed by atoms with E-state index in [0.717, 1.165) is 41.6 Å². The summed E-state index contributed by atoms with van der Waals surface area (Å²) in [5.41, 5.74) is 5.36. The van der Waals surface area contributed by atoms with Crippen LogP contribution in [0.1, 0.15) is 36.0 Å². The molecule has 1 aliphatic carbocycles. The smallest absolute Gasteiger partial charge is 0.238 e. The van der Waals surface area contributed by atoms with Crippen LogP contribution in [-0.4, -0.2) is 47.4 Å². The number of nitrogens with one attached hydrogen (secondary N) is 3. The summed E-state index contributed by atoms with van der Waals surface area (Å²) < 4.78 is 0. The first-order valence-corrected chi connectivity index (χ1v) is 11.4. The molecule has 1 heterocycles. The standard InChI is InChI=1S/C26H32N4O2/c1-18-7-8-19(2)24(15-18)29-26(32)17-30(21-9-10-21)14-12-25(31)27-13-11-20-16-28-23-6-4-3-5-22(20)23/h3-8,15-16,21,28H,9-14,17H2,1-2H3,(H,27,31)(H,29,32). The predicted octanol–water partition coefficient (Wildman–Crippen LogP) is 3.94. The lowest BCUT2D eigenvalue weighted by molar-refractivity contribution is -0.122. The molecule has 2 aromatic carbocycles. The number of hydrogen-bond acceptors (Lipinski definition) is 3. The van der Waals surface area contributed by atoms with Crippen molar-refractivity contribution >= 4 is 28.4 Å². The van der Waals surface area contributed by atoms with Crippen molar-refractivity contribution in [1.82, 2.24) is 15.2 Å². The van der Waals surface area contributed by atoms with Gasteiger partial charge in [-0.1, -0.05) is 30.3 Å². The Morgan fingerprint density at radius 2 is 1.91 bits per heavy atom. The highest BCUT2D eigenvalue weighted by Crippen LogP contribution is 2.27. The molecule has 0 aliphatic heterocycles. The molecule has 6 nitrogen and oxygen atoms in total. The van der Waals surface area contributed by atoms with Crippen LogP contribution in [0.3, 0.4) is 0 Å². The molecule has 0 spiro atoms. The molecule has 32 heavy (non-hydrogen) atoms. The molecule has 1 saturated carbocycles. The van der Waals surface area contributed by atoms with Gasteiger partial charge in [0.15, 0.2) is 0 Å². The van der Waals surface area contributed by atoms with Gasteiger partial charge < -0.3 is 15.6 Å². The third-order valence-electron chi connectivity index (χ3n) is 6.09. The quantitative estimate of drug-likeness (QED) is 0.454. The number of amides is 2. The normalized spacial score (nSPS) is 13.5. The number of rotatable bonds is 10. The second kappa shape index (κ2) is 10.0. The molecule has 1 aliphatic rings. The molecule has 0 radical (unpaired) electrons. The van der Waals surface area contributed by atoms with E-state index in [4.69, 9.17) is 0 Å². The van der Waals surface area contributed by atoms with Crippen LogP contribution in [0.25, 0.3) is 10.9 Å². The van der Waals surface area contributed by atoms with Crippen LogP contribution in [0.5, 0.6) is 0 Å². The molecule has 4 rings (SSSR count). The number of anilines is 1. The Hall–Kier alpha value is -3.12. The highest BCUT2D eigenvalue weighted by Gasteiger charge is 2.30. The van der Waals surface area contributed by atoms with Crippen molar-refractivity contribution in [2.45, 2.75) is 45.6 Å². The maximum atomic E-state index is 12.6. The van der Waals surface area contributed by atoms with Gasteiger partial charge in [-0.3, -0.25) is 14.5 Å². The number of hydrogen-bond donors (Lipinski definition) is 3. The minimum absolute atomic E-state index is 0.0228. The first-order valence-electron chi connectivity index (χ1n) is 11.4. The van der Waals surface area contributed by atoms with Gasteiger partial charge in [0.2, 0.25) is 11.8 Å². The fourth-order valence-electron chi connectivity index (χ4n) is 4.08. The molecule has 0 unspecified atom stereocenters. The summed E-state index contributed by atoms with van der Waals surface area (Å²) in [5.74, 6) is 0.00997. The zero-order valence-corrected chi connectivity index (χ0v) is 18.9. The summed E-state index contributed by atoms with van der Waals surface area (Å²) in [7, 11) is 0. The summed E-state index contributed by atoms with van der Waals surface area (Å²) in [5, 5.41) is 7.26. The lowest BCUT2D eigenvalue weighted by Gasteiger charge is -2.21. The van der Waals surface area contributed by atoms with Crippen molar-refractivity contribution in [1.29, 1.82) is 0 Å². The monoisotopic (exact) mass is 432 g/mol. The van der Waals surface area contributed by atoms with Gasteiger partial charge in [0.05, 0.1) is 6.54 Å². The zero-order chi connectivity index (χ0) is 22.5. The van der Waals surface area contributed by atoms with Crippen LogP contribution in [-0.2, 0) is 16.0 Å². The van der Waals surface area contributed by atoms with Crippen LogP contribution in [0.4, 0.5) is 5.69 Å². The van der Waals surface area contributed by atoms with Crippen molar-refractivity contribution in [2.75, 3.05) is 25.0 Å². The first kappa shape index (κ1) is 22.1. The predicted molar refractivity (Wildman–Crippen MR) is 129 cm³/mol. The van der Waals surface area contributed by atoms with Gasteiger partial charge in [0.1, 0.15) is 0 Å². The lowest BCUT2D eigenvalue weighted by Crippen LogP contribution is -2.38. The minimum atomic E-state index is -0.0228. The molecule has 0 atom stereocenters. The average Bonchev–Trinajstić information content (AvgIpc) is 3.54. The van der Waals surface area contributed by atoms with E-state index in [0.29, 0.717) is 32.1 Å². The molecular formula is C26H32N4O2. The van der Waals surface area contributed by atoms with Gasteiger partial charge in [0.25, 0.3) is 0 Å². The van der Waals surface area contributed by atoms with E-state index < -0.39 is 0 Å². The molecule has 3 aromatic rings. The Balaban J connectivity index is 1.22. The number of carbonyl (C=O) groups is 2. The first-order chi connectivity index (χ1) is 15.5. The Kier molecular flexibility index (Phi) is 6.90. The van der Waals surface area contributed by atoms with Gasteiger partial charge in [0, 0.05) is 48.3 Å². The van der Waals surface area contributed by atoms with Crippen molar-refractivity contribution in [3.05, 3.63) is 65.4 Å². The zero-order valence-electron chi connectivity index (χ0n) is 18.9. The molecule has 168 valence electrons. The Labute approximate surface area is 189 Å². The molecule has 1 fully saturated rings. The second-order valence-corrected chi connectivity index (χ2v) is 8.78. The number of fused-ring (bicyclic) bond motifs is 1. The summed E-state index contributed by atoms with van der Waals surface area (Å²) >= 11 is 0. The fraction of sp³-hybridized carbons (Fsp3) is 0.385. The van der Waals surface area contributed by atoms with Crippen LogP contribution in [0.2, 0.25) is 0 Å². The highest BCUT2D eigenvalue weighted by molar-refractivity contribution is 5.93. The highest BCUT2D eigenvalue weighted by atomic mass is 16.2. The number of aromatic amines is 1. The van der Waals surface area contributed by atoms with E-state index in [1.807, 2.05) is 50.4 Å². The van der Waals surface area contributed by atoms with Gasteiger partial charge >= 0.3 is 0 Å². The Morgan fingerprint density at radius 3 is 2.72 bits per heavy atom. The SMILES string of the molecule is Cc1ccc(C)c(NC(=O)CN(CCC(=O)NCCc2c[nH]c3ccccc23)C2CC2)c1. The summed E-state index contributed by atoms with van der Waals surface area (Å²) in [6.45, 7) is 5.54. The fourth-order valence-corrected chi connectivity index (χ4v) is 4.08. The molecule has 6 heteroatoms. The third kappa shape index (κ3) is 5.77. The molecular weight excluding hydrogens is 400 g/mol. The van der Waals surface area contributed by atoms with Crippen molar-refractivity contribution in [3.8, 4) is 0 Å². The van der Waals surface area contributed by atoms with Crippen LogP contribution >= 0.6 is 0 Å². The largest absolute Gasteiger partial charge is 0.361 e. The maximum absolute atomic E-state index is 12.6. The number of aryl methyl sites for hydroxylation is 2. The number of aromatic nitrogens is 1. The van der Waals surface area contributed by atoms with Gasteiger partial charge in [-0.15, -0.1) is 0 Å². The second-order valence-electron chi connectivity index (χ2n) is 8.78. The van der Waals surface area contributed by atoms with E-state index in [9.17, 15) is 9.59 Å². The van der Waals surface area contributed by atoms with Gasteiger partial charge in [-0.25, -0.2) is 0 Å². The minimum Gasteiger partial charge on any atom is -0.361 e. The topological polar surface area (TPSA) is 77.2 Å². The summed E-state index contributed by atoms with van der Waals surface area (Å²) in [6.07, 6.45) is 5.40. The number of H-pyrrole nitrogens is 1. The van der Waals surface area contributed by atoms with Crippen LogP contribution in [0.15, 0.2) is 48.7 Å². The van der Waals surface area contributed by atoms with E-state index in [1.165, 1.54) is 10.9 Å². The summed E-state index contributed by atoms with van der Waals surface area (Å²) in [4.78, 5) is 30.4. The number of benzene rings is 2. The molecule has 0 saturated heterocycles. The Morgan fingerprint density at radius 1 is 1.09 bits per heavy atom. The molecule has 3 N–H and O–H groups in total. The van der Waals surface area contributed by atoms with Crippen molar-refractivity contribution < 1.29 is 9.59 Å². The number of nitrogens with zero attached hydrogens (tertiary/aromatic N) is 1. The summed E-state index contributed by atoms with van der Waals surface area (Å²) in [6, 6.07) is 14.7. The van der Waals surface area contributed by atoms with E-state index >= 15 is 0 Å². The maximum Gasteiger partial charge on any atom is 0.238 e. The number of para-hydroxylation sites is 1. The van der Waals surface area contributed by atoms with Crippen molar-refractivity contribution in [2.24, 2.45) is 0 Å². The Bertz CT molecular complexity index is 1100. The van der Waals surface area contributed by atoms with Gasteiger partial charge in [-0.2, -0.15) is 0 Å². The molecule has 2 amide bonds. The van der Waals surface area contributed by atoms with Crippen LogP contribution in [0, 0.1) is 13.8 Å². The van der Waals surface area contributed by atoms with Gasteiger partial charge in [-0.05, 0) is 61.9 Å². The van der Waals surface area contributed by atoms with E-state index in [2.05, 4.69) is 32.7 Å². The lowest BCUT2D eigenvalue weighted by atomic mass is 10.1. The molecule has 0 bridgehead atoms. The van der Waals surface area contributed by atoms with Crippen molar-refractivity contribution in [3.63, 3.8) is 0 Å². The number of carbonyl (C=O) groups excluding carboxylic acids is 2. The van der Waals surface area contributed by atoms with E-state index in [-0.39, 0.29) is 11.8 Å². The van der Waals surface area contributed by atoms with E-state index in [1.54, 1.807) is 0 Å².